The smallest absolute Gasteiger partial charge is 0.263 e. The minimum absolute atomic E-state index is 0.00887. The Morgan fingerprint density at radius 3 is 3.10 bits per heavy atom. The monoisotopic (exact) mass is 297 g/mol. The normalized spacial score (nSPS) is 19.9. The van der Waals surface area contributed by atoms with Gasteiger partial charge >= 0.3 is 0 Å². The Kier molecular flexibility index (Phi) is 5.26. The Balaban J connectivity index is 1.89. The third kappa shape index (κ3) is 3.87. The molecule has 0 aliphatic carbocycles. The van der Waals surface area contributed by atoms with Crippen LogP contribution in [0.3, 0.4) is 0 Å². The maximum absolute atomic E-state index is 12.3. The van der Waals surface area contributed by atoms with Crippen molar-refractivity contribution >= 4 is 17.5 Å². The summed E-state index contributed by atoms with van der Waals surface area (Å²) in [6.07, 6.45) is 1.19. The van der Waals surface area contributed by atoms with Crippen LogP contribution in [0.4, 0.5) is 0 Å². The fourth-order valence-corrected chi connectivity index (χ4v) is 2.68. The van der Waals surface area contributed by atoms with E-state index in [1.54, 1.807) is 31.2 Å². The molecule has 1 aliphatic heterocycles. The van der Waals surface area contributed by atoms with Crippen molar-refractivity contribution in [1.82, 2.24) is 4.90 Å². The van der Waals surface area contributed by atoms with E-state index in [1.807, 2.05) is 4.90 Å². The van der Waals surface area contributed by atoms with Gasteiger partial charge in [-0.25, -0.2) is 0 Å². The Hall–Kier alpha value is -1.26. The van der Waals surface area contributed by atoms with Crippen molar-refractivity contribution in [1.29, 1.82) is 0 Å². The number of rotatable bonds is 5. The highest BCUT2D eigenvalue weighted by Gasteiger charge is 2.29. The number of carbonyl (C=O) groups excluding carboxylic acids is 1. The first-order valence-corrected chi connectivity index (χ1v) is 7.30. The first-order valence-electron chi connectivity index (χ1n) is 6.92. The lowest BCUT2D eigenvalue weighted by Crippen LogP contribution is -2.39. The fraction of sp³-hybridized carbons (Fsp3) is 0.533. The minimum Gasteiger partial charge on any atom is -0.481 e. The molecular formula is C15H20ClNO3. The third-order valence-corrected chi connectivity index (χ3v) is 3.83. The molecule has 0 radical (unpaired) electrons. The van der Waals surface area contributed by atoms with Crippen molar-refractivity contribution in [3.63, 3.8) is 0 Å². The molecule has 1 N–H and O–H groups in total. The second-order valence-corrected chi connectivity index (χ2v) is 5.61. The van der Waals surface area contributed by atoms with Gasteiger partial charge in [0.2, 0.25) is 0 Å². The van der Waals surface area contributed by atoms with Gasteiger partial charge in [-0.3, -0.25) is 4.79 Å². The number of carbonyl (C=O) groups is 1. The van der Waals surface area contributed by atoms with Gasteiger partial charge in [0.05, 0.1) is 0 Å². The molecule has 110 valence electrons. The SMILES string of the molecule is CC(Oc1cccc(Cl)c1)C(=O)N1CCC(CCO)C1. The maximum atomic E-state index is 12.3. The molecule has 1 fully saturated rings. The van der Waals surface area contributed by atoms with E-state index < -0.39 is 6.10 Å². The summed E-state index contributed by atoms with van der Waals surface area (Å²) in [7, 11) is 0. The van der Waals surface area contributed by atoms with E-state index >= 15 is 0 Å². The van der Waals surface area contributed by atoms with Crippen molar-refractivity contribution < 1.29 is 14.6 Å². The van der Waals surface area contributed by atoms with Crippen LogP contribution in [0.15, 0.2) is 24.3 Å². The summed E-state index contributed by atoms with van der Waals surface area (Å²) in [5, 5.41) is 9.53. The zero-order valence-electron chi connectivity index (χ0n) is 11.6. The molecule has 1 saturated heterocycles. The van der Waals surface area contributed by atoms with E-state index in [1.165, 1.54) is 0 Å². The molecule has 1 heterocycles. The van der Waals surface area contributed by atoms with Gasteiger partial charge in [0.25, 0.3) is 5.91 Å². The molecular weight excluding hydrogens is 278 g/mol. The molecule has 4 nitrogen and oxygen atoms in total. The van der Waals surface area contributed by atoms with Crippen LogP contribution in [-0.4, -0.2) is 41.7 Å². The van der Waals surface area contributed by atoms with E-state index in [0.717, 1.165) is 19.4 Å². The number of aliphatic hydroxyl groups is 1. The highest BCUT2D eigenvalue weighted by Crippen LogP contribution is 2.22. The quantitative estimate of drug-likeness (QED) is 0.907. The van der Waals surface area contributed by atoms with Crippen molar-refractivity contribution in [2.45, 2.75) is 25.9 Å². The van der Waals surface area contributed by atoms with Crippen molar-refractivity contribution in [3.05, 3.63) is 29.3 Å². The van der Waals surface area contributed by atoms with E-state index in [4.69, 9.17) is 21.4 Å². The first kappa shape index (κ1) is 15.1. The fourth-order valence-electron chi connectivity index (χ4n) is 2.50. The van der Waals surface area contributed by atoms with E-state index in [2.05, 4.69) is 0 Å². The van der Waals surface area contributed by atoms with Gasteiger partial charge in [-0.05, 0) is 43.9 Å². The lowest BCUT2D eigenvalue weighted by molar-refractivity contribution is -0.137. The van der Waals surface area contributed by atoms with Crippen LogP contribution >= 0.6 is 11.6 Å². The van der Waals surface area contributed by atoms with Crippen LogP contribution in [0, 0.1) is 5.92 Å². The van der Waals surface area contributed by atoms with Crippen LogP contribution in [0.5, 0.6) is 5.75 Å². The topological polar surface area (TPSA) is 49.8 Å². The van der Waals surface area contributed by atoms with Crippen molar-refractivity contribution in [3.8, 4) is 5.75 Å². The molecule has 0 bridgehead atoms. The molecule has 1 aromatic carbocycles. The number of likely N-dealkylation sites (tertiary alicyclic amines) is 1. The number of amides is 1. The summed E-state index contributed by atoms with van der Waals surface area (Å²) in [6.45, 7) is 3.39. The number of nitrogens with zero attached hydrogens (tertiary/aromatic N) is 1. The molecule has 0 saturated carbocycles. The van der Waals surface area contributed by atoms with Crippen molar-refractivity contribution in [2.24, 2.45) is 5.92 Å². The second kappa shape index (κ2) is 6.95. The Labute approximate surface area is 124 Å². The van der Waals surface area contributed by atoms with Gasteiger partial charge in [-0.15, -0.1) is 0 Å². The van der Waals surface area contributed by atoms with Crippen LogP contribution in [0.2, 0.25) is 5.02 Å². The summed E-state index contributed by atoms with van der Waals surface area (Å²) in [5.74, 6) is 0.997. The number of ether oxygens (including phenoxy) is 1. The van der Waals surface area contributed by atoms with Gasteiger partial charge in [-0.1, -0.05) is 17.7 Å². The maximum Gasteiger partial charge on any atom is 0.263 e. The van der Waals surface area contributed by atoms with Gasteiger partial charge in [0.15, 0.2) is 6.10 Å². The Morgan fingerprint density at radius 2 is 2.40 bits per heavy atom. The molecule has 1 aromatic rings. The van der Waals surface area contributed by atoms with E-state index in [-0.39, 0.29) is 12.5 Å². The number of hydrogen-bond acceptors (Lipinski definition) is 3. The molecule has 20 heavy (non-hydrogen) atoms. The van der Waals surface area contributed by atoms with Crippen LogP contribution < -0.4 is 4.74 Å². The molecule has 0 spiro atoms. The van der Waals surface area contributed by atoms with Crippen LogP contribution in [-0.2, 0) is 4.79 Å². The van der Waals surface area contributed by atoms with Gasteiger partial charge in [0.1, 0.15) is 5.75 Å². The predicted octanol–water partition coefficient (Wildman–Crippen LogP) is 2.34. The van der Waals surface area contributed by atoms with Gasteiger partial charge < -0.3 is 14.7 Å². The average Bonchev–Trinajstić information content (AvgIpc) is 2.87. The van der Waals surface area contributed by atoms with Crippen LogP contribution in [0.1, 0.15) is 19.8 Å². The highest BCUT2D eigenvalue weighted by molar-refractivity contribution is 6.30. The molecule has 2 unspecified atom stereocenters. The summed E-state index contributed by atoms with van der Waals surface area (Å²) in [4.78, 5) is 14.1. The van der Waals surface area contributed by atoms with Gasteiger partial charge in [-0.2, -0.15) is 0 Å². The minimum atomic E-state index is -0.527. The Morgan fingerprint density at radius 1 is 1.60 bits per heavy atom. The molecule has 1 aliphatic rings. The first-order chi connectivity index (χ1) is 9.60. The lowest BCUT2D eigenvalue weighted by atomic mass is 10.1. The Bertz CT molecular complexity index is 466. The zero-order chi connectivity index (χ0) is 14.5. The molecule has 5 heteroatoms. The summed E-state index contributed by atoms with van der Waals surface area (Å²) >= 11 is 5.89. The average molecular weight is 298 g/mol. The number of aliphatic hydroxyl groups excluding tert-OH is 1. The highest BCUT2D eigenvalue weighted by atomic mass is 35.5. The standard InChI is InChI=1S/C15H20ClNO3/c1-11(20-14-4-2-3-13(16)9-14)15(19)17-7-5-12(10-17)6-8-18/h2-4,9,11-12,18H,5-8,10H2,1H3. The second-order valence-electron chi connectivity index (χ2n) is 5.17. The van der Waals surface area contributed by atoms with Crippen LogP contribution in [0.25, 0.3) is 0 Å². The van der Waals surface area contributed by atoms with Gasteiger partial charge in [0, 0.05) is 24.7 Å². The summed E-state index contributed by atoms with van der Waals surface area (Å²) in [5.41, 5.74) is 0. The van der Waals surface area contributed by atoms with Crippen molar-refractivity contribution in [2.75, 3.05) is 19.7 Å². The number of halogens is 1. The third-order valence-electron chi connectivity index (χ3n) is 3.59. The largest absolute Gasteiger partial charge is 0.481 e. The molecule has 2 atom stereocenters. The molecule has 1 amide bonds. The molecule has 2 rings (SSSR count). The summed E-state index contributed by atoms with van der Waals surface area (Å²) in [6, 6.07) is 7.04. The zero-order valence-corrected chi connectivity index (χ0v) is 12.3. The summed E-state index contributed by atoms with van der Waals surface area (Å²) < 4.78 is 5.64. The lowest BCUT2D eigenvalue weighted by Gasteiger charge is -2.22. The number of hydrogen-bond donors (Lipinski definition) is 1. The predicted molar refractivity (Wildman–Crippen MR) is 77.9 cm³/mol. The molecule has 0 aromatic heterocycles. The number of benzene rings is 1. The van der Waals surface area contributed by atoms with E-state index in [9.17, 15) is 4.79 Å². The van der Waals surface area contributed by atoms with E-state index in [0.29, 0.717) is 23.2 Å².